The second-order valence-electron chi connectivity index (χ2n) is 23.6. The lowest BCUT2D eigenvalue weighted by molar-refractivity contribution is -0.387. The zero-order chi connectivity index (χ0) is 62.3. The fourth-order valence-corrected chi connectivity index (χ4v) is 11.4. The molecule has 4 heterocycles. The van der Waals surface area contributed by atoms with Crippen molar-refractivity contribution in [3.05, 3.63) is 12.2 Å². The van der Waals surface area contributed by atoms with Crippen LogP contribution in [0.25, 0.3) is 0 Å². The maximum atomic E-state index is 13.4. The zero-order valence-corrected chi connectivity index (χ0v) is 50.7. The van der Waals surface area contributed by atoms with Crippen molar-refractivity contribution in [2.45, 2.75) is 323 Å². The SMILES string of the molecule is CCCCCCCCCCCCC/C=C/[C@@H](O)[C@H](CO[C@@H]1OC(CO)[C@@H](O[C@@H]2OC(CO)[C@H](O)[C@H](O[C@H]3OC(CO)[C@H](O)[C@H](O[C@@H]4OC(CO)[C@@H](O)[C@H](O)C4NC(C)=O)C3O)C2O)[C@H](O)C1O)NC(=O)CCCCCCCCCCCCCCC. The van der Waals surface area contributed by atoms with Crippen molar-refractivity contribution < 1.29 is 114 Å². The number of hydrogen-bond donors (Lipinski definition) is 15. The lowest BCUT2D eigenvalue weighted by Crippen LogP contribution is -2.69. The second-order valence-corrected chi connectivity index (χ2v) is 23.6. The maximum Gasteiger partial charge on any atom is 0.220 e. The van der Waals surface area contributed by atoms with Crippen LogP contribution in [-0.4, -0.2) is 246 Å². The first kappa shape index (κ1) is 75.3. The Morgan fingerprint density at radius 2 is 0.859 bits per heavy atom. The van der Waals surface area contributed by atoms with Crippen LogP contribution in [0.15, 0.2) is 12.2 Å². The van der Waals surface area contributed by atoms with Crippen LogP contribution in [0, 0.1) is 0 Å². The number of ether oxygens (including phenoxy) is 8. The molecule has 0 aromatic carbocycles. The summed E-state index contributed by atoms with van der Waals surface area (Å²) in [7, 11) is 0. The van der Waals surface area contributed by atoms with Gasteiger partial charge in [-0.05, 0) is 19.3 Å². The molecule has 4 saturated heterocycles. The van der Waals surface area contributed by atoms with E-state index in [9.17, 15) is 76.0 Å². The van der Waals surface area contributed by atoms with Crippen molar-refractivity contribution >= 4 is 11.8 Å². The summed E-state index contributed by atoms with van der Waals surface area (Å²) >= 11 is 0. The summed E-state index contributed by atoms with van der Waals surface area (Å²) in [5.41, 5.74) is 0. The van der Waals surface area contributed by atoms with Gasteiger partial charge >= 0.3 is 0 Å². The number of rotatable bonds is 43. The highest BCUT2D eigenvalue weighted by atomic mass is 16.8. The molecule has 22 atom stereocenters. The molecule has 25 nitrogen and oxygen atoms in total. The van der Waals surface area contributed by atoms with E-state index in [1.165, 1.54) is 103 Å². The number of hydrogen-bond acceptors (Lipinski definition) is 23. The van der Waals surface area contributed by atoms with Gasteiger partial charge in [-0.3, -0.25) is 9.59 Å². The van der Waals surface area contributed by atoms with Gasteiger partial charge in [0.25, 0.3) is 0 Å². The van der Waals surface area contributed by atoms with Crippen molar-refractivity contribution in [2.75, 3.05) is 33.0 Å². The number of nitrogens with one attached hydrogen (secondary N) is 2. The van der Waals surface area contributed by atoms with Gasteiger partial charge in [0, 0.05) is 13.3 Å². The number of carbonyl (C=O) groups is 2. The van der Waals surface area contributed by atoms with Gasteiger partial charge in [-0.25, -0.2) is 0 Å². The molecule has 0 saturated carbocycles. The highest BCUT2D eigenvalue weighted by Gasteiger charge is 2.56. The molecule has 0 radical (unpaired) electrons. The highest BCUT2D eigenvalue weighted by molar-refractivity contribution is 5.76. The highest BCUT2D eigenvalue weighted by Crippen LogP contribution is 2.35. The third kappa shape index (κ3) is 24.9. The smallest absolute Gasteiger partial charge is 0.220 e. The first-order chi connectivity index (χ1) is 41.0. The molecule has 4 fully saturated rings. The molecule has 15 N–H and O–H groups in total. The Hall–Kier alpha value is -2.16. The van der Waals surface area contributed by atoms with E-state index in [2.05, 4.69) is 24.5 Å². The monoisotopic (exact) mass is 1230 g/mol. The van der Waals surface area contributed by atoms with Gasteiger partial charge in [0.15, 0.2) is 25.2 Å². The van der Waals surface area contributed by atoms with Crippen LogP contribution in [0.5, 0.6) is 0 Å². The van der Waals surface area contributed by atoms with E-state index in [0.29, 0.717) is 12.8 Å². The van der Waals surface area contributed by atoms with Gasteiger partial charge in [-0.1, -0.05) is 167 Å². The van der Waals surface area contributed by atoms with Crippen LogP contribution < -0.4 is 10.6 Å². The average Bonchev–Trinajstić information content (AvgIpc) is 3.68. The van der Waals surface area contributed by atoms with Crippen LogP contribution in [0.1, 0.15) is 188 Å². The van der Waals surface area contributed by atoms with E-state index in [1.807, 2.05) is 6.08 Å². The normalized spacial score (nSPS) is 34.4. The summed E-state index contributed by atoms with van der Waals surface area (Å²) in [5, 5.41) is 148. The Kier molecular flexibility index (Phi) is 37.2. The topological polar surface area (TPSA) is 395 Å². The maximum absolute atomic E-state index is 13.4. The Balaban J connectivity index is 1.39. The van der Waals surface area contributed by atoms with Gasteiger partial charge in [0.05, 0.1) is 45.2 Å². The molecule has 4 aliphatic heterocycles. The van der Waals surface area contributed by atoms with Crippen molar-refractivity contribution in [2.24, 2.45) is 0 Å². The molecule has 85 heavy (non-hydrogen) atoms. The molecule has 4 aliphatic rings. The predicted octanol–water partition coefficient (Wildman–Crippen LogP) is 1.00. The van der Waals surface area contributed by atoms with Gasteiger partial charge in [0.2, 0.25) is 11.8 Å². The van der Waals surface area contributed by atoms with Crippen molar-refractivity contribution in [3.63, 3.8) is 0 Å². The minimum atomic E-state index is -2.11. The summed E-state index contributed by atoms with van der Waals surface area (Å²) in [6, 6.07) is -2.55. The lowest BCUT2D eigenvalue weighted by Gasteiger charge is -2.49. The molecule has 2 amide bonds. The molecule has 498 valence electrons. The van der Waals surface area contributed by atoms with Crippen molar-refractivity contribution in [1.82, 2.24) is 10.6 Å². The quantitative estimate of drug-likeness (QED) is 0.0299. The number of aliphatic hydroxyl groups excluding tert-OH is 13. The number of carbonyl (C=O) groups excluding carboxylic acids is 2. The largest absolute Gasteiger partial charge is 0.394 e. The average molecular weight is 1230 g/mol. The molecule has 8 unspecified atom stereocenters. The Morgan fingerprint density at radius 3 is 1.32 bits per heavy atom. The summed E-state index contributed by atoms with van der Waals surface area (Å²) < 4.78 is 46.4. The molecule has 4 rings (SSSR count). The van der Waals surface area contributed by atoms with E-state index in [0.717, 1.165) is 51.9 Å². The number of allylic oxidation sites excluding steroid dienone is 1. The standard InChI is InChI=1S/C60H110N2O23/c1-4-6-8-10-12-14-16-18-20-22-24-26-28-30-39(68)38(62-44(69)31-29-27-25-23-21-19-17-15-13-11-9-7-5-2)36-78-58-51(75)50(74)54(43(35-66)82-58)83-59-53(77)56(48(72)42(34-65)80-59)85-60-52(76)55(47(71)41(33-64)81-60)84-57-45(61-37(3)67)49(73)46(70)40(32-63)79-57/h28,30,38-43,45-60,63-66,68,70-77H,4-27,29,31-36H2,1-3H3,(H,61,67)(H,62,69)/b30-28+/t38-,39+,40?,41?,42?,43?,45?,46+,47-,48-,49+,50+,51?,52?,53?,54+,55-,56-,57-,58+,59-,60+/m0/s1. The number of unbranched alkanes of at least 4 members (excludes halogenated alkanes) is 23. The van der Waals surface area contributed by atoms with E-state index in [1.54, 1.807) is 6.08 Å². The molecule has 0 aromatic heterocycles. The molecule has 0 aliphatic carbocycles. The van der Waals surface area contributed by atoms with Gasteiger partial charge in [-0.15, -0.1) is 0 Å². The summed E-state index contributed by atoms with van der Waals surface area (Å²) in [6.07, 6.45) is -3.27. The minimum absolute atomic E-state index is 0.211. The Bertz CT molecular complexity index is 1790. The third-order valence-corrected chi connectivity index (χ3v) is 16.6. The molecule has 0 bridgehead atoms. The molecular weight excluding hydrogens is 1120 g/mol. The lowest BCUT2D eigenvalue weighted by atomic mass is 9.95. The van der Waals surface area contributed by atoms with Gasteiger partial charge < -0.3 is 115 Å². The first-order valence-corrected chi connectivity index (χ1v) is 31.9. The Morgan fingerprint density at radius 1 is 0.459 bits per heavy atom. The number of aliphatic hydroxyl groups is 13. The van der Waals surface area contributed by atoms with Crippen LogP contribution >= 0.6 is 0 Å². The van der Waals surface area contributed by atoms with E-state index in [-0.39, 0.29) is 12.3 Å². The van der Waals surface area contributed by atoms with E-state index < -0.39 is 174 Å². The summed E-state index contributed by atoms with van der Waals surface area (Å²) in [4.78, 5) is 25.4. The van der Waals surface area contributed by atoms with Crippen LogP contribution in [-0.2, 0) is 47.5 Å². The molecular formula is C60H110N2O23. The van der Waals surface area contributed by atoms with Crippen LogP contribution in [0.4, 0.5) is 0 Å². The van der Waals surface area contributed by atoms with Gasteiger partial charge in [0.1, 0.15) is 97.6 Å². The van der Waals surface area contributed by atoms with Crippen molar-refractivity contribution in [3.8, 4) is 0 Å². The zero-order valence-electron chi connectivity index (χ0n) is 50.7. The van der Waals surface area contributed by atoms with E-state index in [4.69, 9.17) is 37.9 Å². The second kappa shape index (κ2) is 42.0. The van der Waals surface area contributed by atoms with E-state index >= 15 is 0 Å². The molecule has 25 heteroatoms. The number of amides is 2. The van der Waals surface area contributed by atoms with Crippen LogP contribution in [0.3, 0.4) is 0 Å². The minimum Gasteiger partial charge on any atom is -0.394 e. The molecule has 0 spiro atoms. The third-order valence-electron chi connectivity index (χ3n) is 16.6. The van der Waals surface area contributed by atoms with Gasteiger partial charge in [-0.2, -0.15) is 0 Å². The fraction of sp³-hybridized carbons (Fsp3) is 0.933. The summed E-state index contributed by atoms with van der Waals surface area (Å²) in [6.45, 7) is 1.56. The fourth-order valence-electron chi connectivity index (χ4n) is 11.4. The van der Waals surface area contributed by atoms with Crippen LogP contribution in [0.2, 0.25) is 0 Å². The predicted molar refractivity (Wildman–Crippen MR) is 308 cm³/mol. The molecule has 0 aromatic rings. The summed E-state index contributed by atoms with van der Waals surface area (Å²) in [5.74, 6) is -1.02. The Labute approximate surface area is 502 Å². The first-order valence-electron chi connectivity index (χ1n) is 31.9. The van der Waals surface area contributed by atoms with Crippen molar-refractivity contribution in [1.29, 1.82) is 0 Å².